The molecule has 6 heteroatoms. The second-order valence-corrected chi connectivity index (χ2v) is 4.17. The molecule has 2 aromatic rings. The zero-order chi connectivity index (χ0) is 12.6. The monoisotopic (exact) mass is 272 g/mol. The van der Waals surface area contributed by atoms with Crippen molar-refractivity contribution in [2.45, 2.75) is 6.92 Å². The second-order valence-electron chi connectivity index (χ2n) is 3.45. The van der Waals surface area contributed by atoms with E-state index in [4.69, 9.17) is 23.2 Å². The smallest absolute Gasteiger partial charge is 0.162 e. The molecule has 0 spiro atoms. The maximum atomic E-state index is 13.1. The molecule has 0 aliphatic rings. The number of nitrogens with zero attached hydrogens (tertiary/aromatic N) is 2. The Balaban J connectivity index is 2.60. The van der Waals surface area contributed by atoms with Crippen molar-refractivity contribution in [2.75, 3.05) is 0 Å². The van der Waals surface area contributed by atoms with Crippen molar-refractivity contribution >= 4 is 23.2 Å². The fourth-order valence-corrected chi connectivity index (χ4v) is 1.68. The van der Waals surface area contributed by atoms with Crippen LogP contribution in [-0.4, -0.2) is 15.1 Å². The Bertz CT molecular complexity index is 546. The van der Waals surface area contributed by atoms with Crippen LogP contribution in [0.1, 0.15) is 5.56 Å². The normalized spacial score (nSPS) is 10.6. The summed E-state index contributed by atoms with van der Waals surface area (Å²) in [5, 5.41) is 9.68. The molecule has 0 atom stereocenters. The van der Waals surface area contributed by atoms with Gasteiger partial charge in [-0.2, -0.15) is 0 Å². The van der Waals surface area contributed by atoms with Gasteiger partial charge in [0.25, 0.3) is 0 Å². The SMILES string of the molecule is Cc1c(Cl)nc(-c2cc(O)cc(F)c2)nc1Cl. The minimum atomic E-state index is -0.587. The van der Waals surface area contributed by atoms with Crippen LogP contribution in [0.25, 0.3) is 11.4 Å². The van der Waals surface area contributed by atoms with Gasteiger partial charge in [0, 0.05) is 17.2 Å². The zero-order valence-corrected chi connectivity index (χ0v) is 10.2. The summed E-state index contributed by atoms with van der Waals surface area (Å²) in [5.41, 5.74) is 0.865. The van der Waals surface area contributed by atoms with Crippen LogP contribution in [0.5, 0.6) is 5.75 Å². The molecule has 0 saturated heterocycles. The van der Waals surface area contributed by atoms with Crippen LogP contribution in [0.3, 0.4) is 0 Å². The summed E-state index contributed by atoms with van der Waals surface area (Å²) in [4.78, 5) is 7.96. The van der Waals surface area contributed by atoms with Crippen molar-refractivity contribution in [3.05, 3.63) is 39.9 Å². The van der Waals surface area contributed by atoms with Gasteiger partial charge in [-0.1, -0.05) is 23.2 Å². The largest absolute Gasteiger partial charge is 0.508 e. The number of rotatable bonds is 1. The summed E-state index contributed by atoms with van der Waals surface area (Å²) in [6.07, 6.45) is 0. The van der Waals surface area contributed by atoms with E-state index in [9.17, 15) is 9.50 Å². The number of halogens is 3. The molecule has 0 fully saturated rings. The second kappa shape index (κ2) is 4.47. The third-order valence-electron chi connectivity index (χ3n) is 2.17. The molecule has 1 heterocycles. The van der Waals surface area contributed by atoms with Crippen LogP contribution in [-0.2, 0) is 0 Å². The number of aromatic hydroxyl groups is 1. The Morgan fingerprint density at radius 1 is 1.12 bits per heavy atom. The lowest BCUT2D eigenvalue weighted by atomic mass is 10.2. The summed E-state index contributed by atoms with van der Waals surface area (Å²) in [7, 11) is 0. The summed E-state index contributed by atoms with van der Waals surface area (Å²) in [6, 6.07) is 3.51. The molecule has 3 nitrogen and oxygen atoms in total. The fourth-order valence-electron chi connectivity index (χ4n) is 1.30. The van der Waals surface area contributed by atoms with E-state index in [1.807, 2.05) is 0 Å². The van der Waals surface area contributed by atoms with E-state index in [1.165, 1.54) is 12.1 Å². The minimum absolute atomic E-state index is 0.167. The molecule has 1 N–H and O–H groups in total. The lowest BCUT2D eigenvalue weighted by Crippen LogP contribution is -1.94. The van der Waals surface area contributed by atoms with Crippen molar-refractivity contribution < 1.29 is 9.50 Å². The van der Waals surface area contributed by atoms with Crippen molar-refractivity contribution in [3.8, 4) is 17.1 Å². The van der Waals surface area contributed by atoms with E-state index >= 15 is 0 Å². The average molecular weight is 273 g/mol. The van der Waals surface area contributed by atoms with Crippen LogP contribution in [0.15, 0.2) is 18.2 Å². The van der Waals surface area contributed by atoms with Gasteiger partial charge in [-0.3, -0.25) is 0 Å². The molecule has 0 unspecified atom stereocenters. The Labute approximate surface area is 107 Å². The molecule has 0 aliphatic heterocycles. The van der Waals surface area contributed by atoms with E-state index in [2.05, 4.69) is 9.97 Å². The molecule has 88 valence electrons. The van der Waals surface area contributed by atoms with Gasteiger partial charge >= 0.3 is 0 Å². The molecular formula is C11H7Cl2FN2O. The maximum absolute atomic E-state index is 13.1. The standard InChI is InChI=1S/C11H7Cl2FN2O/c1-5-9(12)15-11(16-10(5)13)6-2-7(14)4-8(17)3-6/h2-4,17H,1H3. The van der Waals surface area contributed by atoms with Crippen LogP contribution < -0.4 is 0 Å². The fraction of sp³-hybridized carbons (Fsp3) is 0.0909. The number of phenols is 1. The van der Waals surface area contributed by atoms with Gasteiger partial charge in [0.1, 0.15) is 21.9 Å². The summed E-state index contributed by atoms with van der Waals surface area (Å²) in [5.74, 6) is -0.631. The predicted octanol–water partition coefficient (Wildman–Crippen LogP) is 3.60. The van der Waals surface area contributed by atoms with Crippen molar-refractivity contribution in [1.29, 1.82) is 0 Å². The Morgan fingerprint density at radius 2 is 1.71 bits per heavy atom. The first-order chi connectivity index (χ1) is 7.97. The topological polar surface area (TPSA) is 46.0 Å². The van der Waals surface area contributed by atoms with Crippen LogP contribution in [0.2, 0.25) is 10.3 Å². The first-order valence-corrected chi connectivity index (χ1v) is 5.42. The number of benzene rings is 1. The van der Waals surface area contributed by atoms with Crippen LogP contribution in [0.4, 0.5) is 4.39 Å². The van der Waals surface area contributed by atoms with Gasteiger partial charge in [0.05, 0.1) is 0 Å². The maximum Gasteiger partial charge on any atom is 0.162 e. The molecular weight excluding hydrogens is 266 g/mol. The highest BCUT2D eigenvalue weighted by Crippen LogP contribution is 2.27. The van der Waals surface area contributed by atoms with Gasteiger partial charge in [-0.25, -0.2) is 14.4 Å². The molecule has 1 aromatic heterocycles. The third kappa shape index (κ3) is 2.48. The van der Waals surface area contributed by atoms with E-state index in [0.29, 0.717) is 11.1 Å². The van der Waals surface area contributed by atoms with Crippen LogP contribution >= 0.6 is 23.2 Å². The number of phenolic OH excluding ortho intramolecular Hbond substituents is 1. The predicted molar refractivity (Wildman–Crippen MR) is 63.8 cm³/mol. The summed E-state index contributed by atoms with van der Waals surface area (Å²) < 4.78 is 13.1. The Hall–Kier alpha value is -1.39. The summed E-state index contributed by atoms with van der Waals surface area (Å²) in [6.45, 7) is 1.68. The number of hydrogen-bond donors (Lipinski definition) is 1. The quantitative estimate of drug-likeness (QED) is 0.807. The van der Waals surface area contributed by atoms with Gasteiger partial charge in [0.15, 0.2) is 5.82 Å². The molecule has 0 saturated carbocycles. The highest BCUT2D eigenvalue weighted by molar-refractivity contribution is 6.34. The van der Waals surface area contributed by atoms with Crippen molar-refractivity contribution in [1.82, 2.24) is 9.97 Å². The molecule has 0 amide bonds. The average Bonchev–Trinajstić information content (AvgIpc) is 2.23. The first-order valence-electron chi connectivity index (χ1n) is 4.67. The highest BCUT2D eigenvalue weighted by atomic mass is 35.5. The van der Waals surface area contributed by atoms with Crippen LogP contribution in [0, 0.1) is 12.7 Å². The van der Waals surface area contributed by atoms with Gasteiger partial charge in [0.2, 0.25) is 0 Å². The first kappa shape index (κ1) is 12.1. The Morgan fingerprint density at radius 3 is 2.24 bits per heavy atom. The Kier molecular flexibility index (Phi) is 3.17. The van der Waals surface area contributed by atoms with E-state index in [0.717, 1.165) is 6.07 Å². The molecule has 0 bridgehead atoms. The minimum Gasteiger partial charge on any atom is -0.508 e. The molecule has 2 rings (SSSR count). The highest BCUT2D eigenvalue weighted by Gasteiger charge is 2.11. The lowest BCUT2D eigenvalue weighted by Gasteiger charge is -2.05. The van der Waals surface area contributed by atoms with Gasteiger partial charge < -0.3 is 5.11 Å². The summed E-state index contributed by atoms with van der Waals surface area (Å²) >= 11 is 11.7. The number of hydrogen-bond acceptors (Lipinski definition) is 3. The third-order valence-corrected chi connectivity index (χ3v) is 2.90. The van der Waals surface area contributed by atoms with Gasteiger partial charge in [-0.15, -0.1) is 0 Å². The lowest BCUT2D eigenvalue weighted by molar-refractivity contribution is 0.469. The van der Waals surface area contributed by atoms with Gasteiger partial charge in [-0.05, 0) is 19.1 Å². The molecule has 0 radical (unpaired) electrons. The molecule has 1 aromatic carbocycles. The van der Waals surface area contributed by atoms with Crippen molar-refractivity contribution in [3.63, 3.8) is 0 Å². The zero-order valence-electron chi connectivity index (χ0n) is 8.71. The van der Waals surface area contributed by atoms with Crippen molar-refractivity contribution in [2.24, 2.45) is 0 Å². The number of aromatic nitrogens is 2. The molecule has 17 heavy (non-hydrogen) atoms. The molecule has 0 aliphatic carbocycles. The van der Waals surface area contributed by atoms with E-state index in [-0.39, 0.29) is 21.9 Å². The van der Waals surface area contributed by atoms with E-state index in [1.54, 1.807) is 6.92 Å². The van der Waals surface area contributed by atoms with E-state index < -0.39 is 5.82 Å².